The lowest BCUT2D eigenvalue weighted by Crippen LogP contribution is -2.30. The van der Waals surface area contributed by atoms with Crippen LogP contribution in [0.25, 0.3) is 5.65 Å². The van der Waals surface area contributed by atoms with Crippen molar-refractivity contribution in [2.75, 3.05) is 5.75 Å². The number of nitrogens with two attached hydrogens (primary N) is 1. The summed E-state index contributed by atoms with van der Waals surface area (Å²) in [4.78, 5) is 4.20. The number of aryl methyl sites for hydroxylation is 1. The van der Waals surface area contributed by atoms with Crippen LogP contribution in [0.5, 0.6) is 0 Å². The first kappa shape index (κ1) is 16.4. The minimum atomic E-state index is -3.39. The molecule has 1 aliphatic rings. The monoisotopic (exact) mass is 336 g/mol. The highest BCUT2D eigenvalue weighted by molar-refractivity contribution is 7.89. The Balaban J connectivity index is 1.70. The van der Waals surface area contributed by atoms with E-state index in [0.717, 1.165) is 37.0 Å². The van der Waals surface area contributed by atoms with Crippen molar-refractivity contribution >= 4 is 15.7 Å². The fourth-order valence-corrected chi connectivity index (χ4v) is 4.38. The lowest BCUT2D eigenvalue weighted by Gasteiger charge is -2.37. The second kappa shape index (κ2) is 6.57. The van der Waals surface area contributed by atoms with E-state index < -0.39 is 10.0 Å². The van der Waals surface area contributed by atoms with E-state index in [4.69, 9.17) is 5.14 Å². The summed E-state index contributed by atoms with van der Waals surface area (Å²) < 4.78 is 24.5. The Hall–Kier alpha value is -1.47. The molecule has 0 radical (unpaired) electrons. The van der Waals surface area contributed by atoms with E-state index >= 15 is 0 Å². The summed E-state index contributed by atoms with van der Waals surface area (Å²) in [6.07, 6.45) is 11.9. The van der Waals surface area contributed by atoms with Crippen LogP contribution in [0.3, 0.4) is 0 Å². The van der Waals surface area contributed by atoms with Crippen molar-refractivity contribution in [1.29, 1.82) is 0 Å². The van der Waals surface area contributed by atoms with E-state index in [0.29, 0.717) is 6.42 Å². The Kier molecular flexibility index (Phi) is 4.68. The lowest BCUT2D eigenvalue weighted by molar-refractivity contribution is 0.165. The van der Waals surface area contributed by atoms with Crippen LogP contribution in [-0.2, 0) is 16.4 Å². The zero-order valence-electron chi connectivity index (χ0n) is 13.3. The topological polar surface area (TPSA) is 90.4 Å². The van der Waals surface area contributed by atoms with Gasteiger partial charge in [0, 0.05) is 12.4 Å². The molecular formula is C16H24N4O2S. The number of aromatic nitrogens is 3. The van der Waals surface area contributed by atoms with Crippen LogP contribution in [0, 0.1) is 5.41 Å². The van der Waals surface area contributed by atoms with Crippen molar-refractivity contribution in [3.63, 3.8) is 0 Å². The maximum atomic E-state index is 11.4. The number of nitrogens with zero attached hydrogens (tertiary/aromatic N) is 3. The summed E-state index contributed by atoms with van der Waals surface area (Å²) in [6, 6.07) is 3.98. The second-order valence-electron chi connectivity index (χ2n) is 6.73. The number of primary sulfonamides is 1. The molecule has 0 atom stereocenters. The van der Waals surface area contributed by atoms with Crippen LogP contribution < -0.4 is 5.14 Å². The van der Waals surface area contributed by atoms with Gasteiger partial charge in [0.1, 0.15) is 0 Å². The largest absolute Gasteiger partial charge is 0.236 e. The summed E-state index contributed by atoms with van der Waals surface area (Å²) >= 11 is 0. The molecule has 0 bridgehead atoms. The molecule has 2 aromatic heterocycles. The van der Waals surface area contributed by atoms with Gasteiger partial charge in [-0.2, -0.15) is 5.10 Å². The molecule has 0 spiro atoms. The number of hydrogen-bond acceptors (Lipinski definition) is 4. The number of fused-ring (bicyclic) bond motifs is 1. The second-order valence-corrected chi connectivity index (χ2v) is 8.47. The van der Waals surface area contributed by atoms with Gasteiger partial charge in [0.15, 0.2) is 5.65 Å². The van der Waals surface area contributed by atoms with Gasteiger partial charge >= 0.3 is 0 Å². The molecule has 0 aliphatic heterocycles. The molecular weight excluding hydrogens is 312 g/mol. The SMILES string of the molecule is NS(=O)(=O)CCC1(CCc2ccc3nccn3n2)CCCCC1. The quantitative estimate of drug-likeness (QED) is 0.876. The van der Waals surface area contributed by atoms with Crippen molar-refractivity contribution < 1.29 is 8.42 Å². The van der Waals surface area contributed by atoms with E-state index in [9.17, 15) is 8.42 Å². The van der Waals surface area contributed by atoms with Gasteiger partial charge in [-0.1, -0.05) is 19.3 Å². The molecule has 2 heterocycles. The Bertz CT molecular complexity index is 763. The molecule has 1 fully saturated rings. The number of imidazole rings is 1. The first-order chi connectivity index (χ1) is 11.0. The molecule has 0 saturated heterocycles. The molecule has 0 aromatic carbocycles. The molecule has 6 nitrogen and oxygen atoms in total. The molecule has 1 aliphatic carbocycles. The molecule has 3 rings (SSSR count). The minimum Gasteiger partial charge on any atom is -0.236 e. The number of rotatable bonds is 6. The van der Waals surface area contributed by atoms with Gasteiger partial charge in [-0.15, -0.1) is 0 Å². The van der Waals surface area contributed by atoms with Gasteiger partial charge in [-0.05, 0) is 49.7 Å². The van der Waals surface area contributed by atoms with Crippen molar-refractivity contribution in [3.05, 3.63) is 30.2 Å². The number of hydrogen-bond donors (Lipinski definition) is 1. The van der Waals surface area contributed by atoms with E-state index in [1.54, 1.807) is 10.7 Å². The van der Waals surface area contributed by atoms with Crippen LogP contribution in [0.2, 0.25) is 0 Å². The third kappa shape index (κ3) is 4.29. The van der Waals surface area contributed by atoms with Gasteiger partial charge < -0.3 is 0 Å². The van der Waals surface area contributed by atoms with Crippen LogP contribution >= 0.6 is 0 Å². The van der Waals surface area contributed by atoms with Crippen molar-refractivity contribution in [2.24, 2.45) is 10.6 Å². The van der Waals surface area contributed by atoms with Crippen LogP contribution in [-0.4, -0.2) is 28.8 Å². The van der Waals surface area contributed by atoms with E-state index in [2.05, 4.69) is 10.1 Å². The lowest BCUT2D eigenvalue weighted by atomic mass is 9.69. The molecule has 2 N–H and O–H groups in total. The maximum absolute atomic E-state index is 11.4. The summed E-state index contributed by atoms with van der Waals surface area (Å²) in [7, 11) is -3.39. The summed E-state index contributed by atoms with van der Waals surface area (Å²) in [5, 5.41) is 9.79. The molecule has 126 valence electrons. The highest BCUT2D eigenvalue weighted by Crippen LogP contribution is 2.43. The third-order valence-electron chi connectivity index (χ3n) is 5.05. The molecule has 1 saturated carbocycles. The zero-order chi connectivity index (χ0) is 16.3. The first-order valence-corrected chi connectivity index (χ1v) is 9.97. The van der Waals surface area contributed by atoms with Crippen molar-refractivity contribution in [3.8, 4) is 0 Å². The van der Waals surface area contributed by atoms with E-state index in [1.165, 1.54) is 19.3 Å². The highest BCUT2D eigenvalue weighted by atomic mass is 32.2. The minimum absolute atomic E-state index is 0.0843. The molecule has 2 aromatic rings. The molecule has 23 heavy (non-hydrogen) atoms. The predicted octanol–water partition coefficient (Wildman–Crippen LogP) is 2.29. The molecule has 7 heteroatoms. The number of sulfonamides is 1. The van der Waals surface area contributed by atoms with Gasteiger partial charge in [-0.25, -0.2) is 23.1 Å². The Labute approximate surface area is 137 Å². The molecule has 0 unspecified atom stereocenters. The van der Waals surface area contributed by atoms with Gasteiger partial charge in [-0.3, -0.25) is 0 Å². The average Bonchev–Trinajstić information content (AvgIpc) is 2.99. The molecule has 0 amide bonds. The average molecular weight is 336 g/mol. The Morgan fingerprint density at radius 3 is 2.70 bits per heavy atom. The predicted molar refractivity (Wildman–Crippen MR) is 89.4 cm³/mol. The zero-order valence-corrected chi connectivity index (χ0v) is 14.1. The smallest absolute Gasteiger partial charge is 0.209 e. The highest BCUT2D eigenvalue weighted by Gasteiger charge is 2.32. The normalized spacial score (nSPS) is 18.3. The Morgan fingerprint density at radius 2 is 1.96 bits per heavy atom. The van der Waals surface area contributed by atoms with Crippen LogP contribution in [0.15, 0.2) is 24.5 Å². The van der Waals surface area contributed by atoms with Gasteiger partial charge in [0.2, 0.25) is 10.0 Å². The van der Waals surface area contributed by atoms with Crippen molar-refractivity contribution in [1.82, 2.24) is 14.6 Å². The maximum Gasteiger partial charge on any atom is 0.209 e. The van der Waals surface area contributed by atoms with Crippen LogP contribution in [0.1, 0.15) is 50.6 Å². The third-order valence-corrected chi connectivity index (χ3v) is 5.83. The van der Waals surface area contributed by atoms with E-state index in [-0.39, 0.29) is 11.2 Å². The van der Waals surface area contributed by atoms with E-state index in [1.807, 2.05) is 18.3 Å². The standard InChI is InChI=1S/C16H24N4O2S/c17-23(21,22)13-10-16(7-2-1-3-8-16)9-6-14-4-5-15-18-11-12-20(15)19-14/h4-5,11-12H,1-3,6-10,13H2,(H2,17,21,22). The first-order valence-electron chi connectivity index (χ1n) is 8.26. The van der Waals surface area contributed by atoms with Crippen LogP contribution in [0.4, 0.5) is 0 Å². The fraction of sp³-hybridized carbons (Fsp3) is 0.625. The Morgan fingerprint density at radius 1 is 1.17 bits per heavy atom. The fourth-order valence-electron chi connectivity index (χ4n) is 3.67. The summed E-state index contributed by atoms with van der Waals surface area (Å²) in [5.41, 5.74) is 1.96. The van der Waals surface area contributed by atoms with Crippen molar-refractivity contribution in [2.45, 2.75) is 51.4 Å². The summed E-state index contributed by atoms with van der Waals surface area (Å²) in [6.45, 7) is 0. The summed E-state index contributed by atoms with van der Waals surface area (Å²) in [5.74, 6) is 0.0843. The van der Waals surface area contributed by atoms with Gasteiger partial charge in [0.05, 0.1) is 11.4 Å². The van der Waals surface area contributed by atoms with Gasteiger partial charge in [0.25, 0.3) is 0 Å².